The lowest BCUT2D eigenvalue weighted by Gasteiger charge is -2.35. The van der Waals surface area contributed by atoms with Crippen LogP contribution in [0.15, 0.2) is 6.07 Å². The zero-order valence-electron chi connectivity index (χ0n) is 12.1. The third-order valence-electron chi connectivity index (χ3n) is 3.88. The van der Waals surface area contributed by atoms with E-state index in [1.165, 1.54) is 17.4 Å². The molecule has 0 aliphatic carbocycles. The predicted molar refractivity (Wildman–Crippen MR) is 80.5 cm³/mol. The molecule has 6 nitrogen and oxygen atoms in total. The third kappa shape index (κ3) is 3.11. The van der Waals surface area contributed by atoms with E-state index < -0.39 is 6.10 Å². The molecule has 1 atom stereocenters. The Morgan fingerprint density at radius 1 is 1.55 bits per heavy atom. The van der Waals surface area contributed by atoms with E-state index in [1.807, 2.05) is 11.9 Å². The molecule has 1 saturated heterocycles. The van der Waals surface area contributed by atoms with Gasteiger partial charge in [0.25, 0.3) is 0 Å². The number of piperidine rings is 1. The molecule has 1 fully saturated rings. The fourth-order valence-corrected chi connectivity index (χ4v) is 3.62. The summed E-state index contributed by atoms with van der Waals surface area (Å²) in [6.07, 6.45) is 1.34. The van der Waals surface area contributed by atoms with Gasteiger partial charge in [-0.25, -0.2) is 0 Å². The van der Waals surface area contributed by atoms with Crippen molar-refractivity contribution in [3.8, 4) is 0 Å². The maximum Gasteiger partial charge on any atom is 0.304 e. The SMILES string of the molecule is C[C@H](O)c1cc([N+](=O)[O-])c(N(C)C2CCN(C)CC2)s1. The monoisotopic (exact) mass is 299 g/mol. The van der Waals surface area contributed by atoms with Crippen LogP contribution in [0.4, 0.5) is 10.7 Å². The van der Waals surface area contributed by atoms with Gasteiger partial charge in [0.1, 0.15) is 0 Å². The van der Waals surface area contributed by atoms with Crippen molar-refractivity contribution >= 4 is 22.0 Å². The first-order valence-corrected chi connectivity index (χ1v) is 7.59. The number of anilines is 1. The number of hydrogen-bond acceptors (Lipinski definition) is 6. The molecule has 1 aromatic heterocycles. The first-order chi connectivity index (χ1) is 9.40. The lowest BCUT2D eigenvalue weighted by atomic mass is 10.0. The minimum Gasteiger partial charge on any atom is -0.388 e. The van der Waals surface area contributed by atoms with E-state index in [2.05, 4.69) is 11.9 Å². The Morgan fingerprint density at radius 2 is 2.15 bits per heavy atom. The summed E-state index contributed by atoms with van der Waals surface area (Å²) in [5.41, 5.74) is 0.104. The van der Waals surface area contributed by atoms with Crippen LogP contribution < -0.4 is 4.90 Å². The predicted octanol–water partition coefficient (Wildman–Crippen LogP) is 2.24. The highest BCUT2D eigenvalue weighted by molar-refractivity contribution is 7.16. The van der Waals surface area contributed by atoms with Crippen LogP contribution in [0.3, 0.4) is 0 Å². The van der Waals surface area contributed by atoms with E-state index in [1.54, 1.807) is 6.92 Å². The molecule has 2 rings (SSSR count). The largest absolute Gasteiger partial charge is 0.388 e. The number of thiophene rings is 1. The van der Waals surface area contributed by atoms with Crippen LogP contribution in [0.2, 0.25) is 0 Å². The number of nitrogens with zero attached hydrogens (tertiary/aromatic N) is 3. The van der Waals surface area contributed by atoms with Gasteiger partial charge >= 0.3 is 5.69 Å². The van der Waals surface area contributed by atoms with Crippen molar-refractivity contribution in [2.75, 3.05) is 32.1 Å². The van der Waals surface area contributed by atoms with E-state index in [-0.39, 0.29) is 10.6 Å². The molecule has 20 heavy (non-hydrogen) atoms. The van der Waals surface area contributed by atoms with Crippen LogP contribution in [-0.4, -0.2) is 48.2 Å². The molecule has 1 aromatic rings. The summed E-state index contributed by atoms with van der Waals surface area (Å²) in [5.74, 6) is 0. The van der Waals surface area contributed by atoms with Gasteiger partial charge in [0, 0.05) is 24.0 Å². The van der Waals surface area contributed by atoms with E-state index in [4.69, 9.17) is 0 Å². The van der Waals surface area contributed by atoms with Gasteiger partial charge in [0.05, 0.1) is 11.0 Å². The van der Waals surface area contributed by atoms with Gasteiger partial charge in [0.2, 0.25) is 0 Å². The first-order valence-electron chi connectivity index (χ1n) is 6.77. The van der Waals surface area contributed by atoms with Crippen molar-refractivity contribution in [2.45, 2.75) is 31.9 Å². The topological polar surface area (TPSA) is 69.8 Å². The van der Waals surface area contributed by atoms with Crippen LogP contribution in [0.25, 0.3) is 0 Å². The summed E-state index contributed by atoms with van der Waals surface area (Å²) in [6.45, 7) is 3.66. The second-order valence-electron chi connectivity index (χ2n) is 5.42. The normalized spacial score (nSPS) is 19.0. The van der Waals surface area contributed by atoms with Crippen LogP contribution in [-0.2, 0) is 0 Å². The molecular formula is C13H21N3O3S. The number of nitro groups is 1. The second kappa shape index (κ2) is 6.07. The highest BCUT2D eigenvalue weighted by atomic mass is 32.1. The minimum absolute atomic E-state index is 0.104. The summed E-state index contributed by atoms with van der Waals surface area (Å²) in [7, 11) is 4.01. The standard InChI is InChI=1S/C13H21N3O3S/c1-9(17)12-8-11(16(18)19)13(20-12)15(3)10-4-6-14(2)7-5-10/h8-10,17H,4-7H2,1-3H3/t9-/m0/s1. The molecule has 0 radical (unpaired) electrons. The Balaban J connectivity index is 2.24. The van der Waals surface area contributed by atoms with Crippen molar-refractivity contribution in [3.63, 3.8) is 0 Å². The smallest absolute Gasteiger partial charge is 0.304 e. The average molecular weight is 299 g/mol. The van der Waals surface area contributed by atoms with E-state index in [0.717, 1.165) is 25.9 Å². The molecule has 112 valence electrons. The molecule has 0 saturated carbocycles. The molecule has 1 N–H and O–H groups in total. The highest BCUT2D eigenvalue weighted by Crippen LogP contribution is 2.41. The molecule has 1 aliphatic heterocycles. The highest BCUT2D eigenvalue weighted by Gasteiger charge is 2.29. The second-order valence-corrected chi connectivity index (χ2v) is 6.48. The fraction of sp³-hybridized carbons (Fsp3) is 0.692. The Bertz CT molecular complexity index is 481. The molecular weight excluding hydrogens is 278 g/mol. The lowest BCUT2D eigenvalue weighted by Crippen LogP contribution is -2.41. The number of likely N-dealkylation sites (tertiary alicyclic amines) is 1. The van der Waals surface area contributed by atoms with Gasteiger partial charge in [-0.15, -0.1) is 11.3 Å². The Kier molecular flexibility index (Phi) is 4.62. The van der Waals surface area contributed by atoms with Crippen molar-refractivity contribution in [1.29, 1.82) is 0 Å². The molecule has 0 unspecified atom stereocenters. The number of rotatable bonds is 4. The van der Waals surface area contributed by atoms with Crippen LogP contribution in [0.1, 0.15) is 30.7 Å². The maximum absolute atomic E-state index is 11.2. The zero-order valence-corrected chi connectivity index (χ0v) is 12.9. The Hall–Kier alpha value is -1.18. The summed E-state index contributed by atoms with van der Waals surface area (Å²) in [6, 6.07) is 1.82. The Labute approximate surface area is 122 Å². The molecule has 1 aliphatic rings. The van der Waals surface area contributed by atoms with Gasteiger partial charge in [-0.1, -0.05) is 0 Å². The molecule has 2 heterocycles. The number of aliphatic hydroxyl groups excluding tert-OH is 1. The maximum atomic E-state index is 11.2. The molecule has 0 spiro atoms. The molecule has 0 amide bonds. The number of hydrogen-bond donors (Lipinski definition) is 1. The summed E-state index contributed by atoms with van der Waals surface area (Å²) in [5, 5.41) is 21.5. The van der Waals surface area contributed by atoms with Gasteiger partial charge in [-0.3, -0.25) is 10.1 Å². The van der Waals surface area contributed by atoms with E-state index in [9.17, 15) is 15.2 Å². The van der Waals surface area contributed by atoms with Crippen molar-refractivity contribution in [1.82, 2.24) is 4.90 Å². The van der Waals surface area contributed by atoms with E-state index in [0.29, 0.717) is 15.9 Å². The van der Waals surface area contributed by atoms with Gasteiger partial charge in [-0.05, 0) is 39.9 Å². The van der Waals surface area contributed by atoms with Gasteiger partial charge in [0.15, 0.2) is 5.00 Å². The van der Waals surface area contributed by atoms with Gasteiger partial charge < -0.3 is 14.9 Å². The third-order valence-corrected chi connectivity index (χ3v) is 5.26. The first kappa shape index (κ1) is 15.2. The van der Waals surface area contributed by atoms with Crippen LogP contribution in [0, 0.1) is 10.1 Å². The number of aliphatic hydroxyl groups is 1. The zero-order chi connectivity index (χ0) is 14.9. The van der Waals surface area contributed by atoms with E-state index >= 15 is 0 Å². The fourth-order valence-electron chi connectivity index (χ4n) is 2.53. The average Bonchev–Trinajstić information content (AvgIpc) is 2.84. The Morgan fingerprint density at radius 3 is 2.65 bits per heavy atom. The molecule has 0 bridgehead atoms. The summed E-state index contributed by atoms with van der Waals surface area (Å²) < 4.78 is 0. The van der Waals surface area contributed by atoms with Crippen molar-refractivity contribution < 1.29 is 10.0 Å². The van der Waals surface area contributed by atoms with Crippen LogP contribution >= 0.6 is 11.3 Å². The van der Waals surface area contributed by atoms with Gasteiger partial charge in [-0.2, -0.15) is 0 Å². The molecule has 7 heteroatoms. The summed E-state index contributed by atoms with van der Waals surface area (Å²) in [4.78, 5) is 15.8. The summed E-state index contributed by atoms with van der Waals surface area (Å²) >= 11 is 1.32. The minimum atomic E-state index is -0.668. The van der Waals surface area contributed by atoms with Crippen LogP contribution in [0.5, 0.6) is 0 Å². The van der Waals surface area contributed by atoms with Crippen molar-refractivity contribution in [3.05, 3.63) is 21.1 Å². The molecule has 0 aromatic carbocycles. The van der Waals surface area contributed by atoms with Crippen molar-refractivity contribution in [2.24, 2.45) is 0 Å². The quantitative estimate of drug-likeness (QED) is 0.682. The lowest BCUT2D eigenvalue weighted by molar-refractivity contribution is -0.383.